The highest BCUT2D eigenvalue weighted by atomic mass is 16.4. The van der Waals surface area contributed by atoms with Gasteiger partial charge in [-0.2, -0.15) is 0 Å². The van der Waals surface area contributed by atoms with Crippen molar-refractivity contribution in [3.05, 3.63) is 70.8 Å². The Morgan fingerprint density at radius 2 is 1.46 bits per heavy atom. The van der Waals surface area contributed by atoms with Gasteiger partial charge in [-0.05, 0) is 40.8 Å². The molecule has 0 atom stereocenters. The maximum absolute atomic E-state index is 12.3. The third-order valence-corrected chi connectivity index (χ3v) is 4.46. The van der Waals surface area contributed by atoms with Gasteiger partial charge < -0.3 is 15.3 Å². The topological polar surface area (TPSA) is 86.7 Å². The Morgan fingerprint density at radius 1 is 0.929 bits per heavy atom. The van der Waals surface area contributed by atoms with E-state index in [9.17, 15) is 14.4 Å². The van der Waals surface area contributed by atoms with Gasteiger partial charge in [-0.3, -0.25) is 9.59 Å². The Labute approximate surface area is 165 Å². The highest BCUT2D eigenvalue weighted by Crippen LogP contribution is 2.22. The number of carboxylic acids is 1. The normalized spacial score (nSPS) is 11.0. The second-order valence-corrected chi connectivity index (χ2v) is 7.76. The van der Waals surface area contributed by atoms with Crippen molar-refractivity contribution in [1.29, 1.82) is 0 Å². The molecule has 0 aromatic heterocycles. The average Bonchev–Trinajstić information content (AvgIpc) is 2.65. The lowest BCUT2D eigenvalue weighted by atomic mass is 9.87. The molecule has 6 heteroatoms. The molecule has 0 unspecified atom stereocenters. The fraction of sp³-hybridized carbons (Fsp3) is 0.318. The predicted octanol–water partition coefficient (Wildman–Crippen LogP) is 3.07. The van der Waals surface area contributed by atoms with Crippen LogP contribution in [-0.4, -0.2) is 41.4 Å². The lowest BCUT2D eigenvalue weighted by Gasteiger charge is -2.19. The zero-order valence-electron chi connectivity index (χ0n) is 16.7. The fourth-order valence-electron chi connectivity index (χ4n) is 2.63. The largest absolute Gasteiger partial charge is 0.478 e. The molecule has 2 aromatic rings. The molecular weight excluding hydrogens is 356 g/mol. The molecule has 28 heavy (non-hydrogen) atoms. The first kappa shape index (κ1) is 21.2. The summed E-state index contributed by atoms with van der Waals surface area (Å²) in [5.41, 5.74) is 2.66. The lowest BCUT2D eigenvalue weighted by Crippen LogP contribution is -2.37. The Kier molecular flexibility index (Phi) is 6.57. The molecule has 2 N–H and O–H groups in total. The van der Waals surface area contributed by atoms with Crippen LogP contribution in [0.15, 0.2) is 48.5 Å². The zero-order valence-corrected chi connectivity index (χ0v) is 16.7. The Hall–Kier alpha value is -3.15. The molecular formula is C22H26N2O4. The number of hydrogen-bond acceptors (Lipinski definition) is 3. The number of hydrogen-bond donors (Lipinski definition) is 2. The number of amides is 2. The van der Waals surface area contributed by atoms with Crippen LogP contribution in [0.25, 0.3) is 0 Å². The maximum atomic E-state index is 12.3. The van der Waals surface area contributed by atoms with Crippen molar-refractivity contribution < 1.29 is 19.5 Å². The van der Waals surface area contributed by atoms with E-state index in [-0.39, 0.29) is 29.3 Å². The van der Waals surface area contributed by atoms with Gasteiger partial charge in [0, 0.05) is 19.2 Å². The summed E-state index contributed by atoms with van der Waals surface area (Å²) < 4.78 is 0. The van der Waals surface area contributed by atoms with Gasteiger partial charge in [-0.15, -0.1) is 0 Å². The average molecular weight is 382 g/mol. The molecule has 0 fully saturated rings. The maximum Gasteiger partial charge on any atom is 0.335 e. The molecule has 0 aliphatic heterocycles. The summed E-state index contributed by atoms with van der Waals surface area (Å²) in [4.78, 5) is 36.9. The minimum atomic E-state index is -0.991. The molecule has 6 nitrogen and oxygen atoms in total. The zero-order chi connectivity index (χ0) is 20.9. The van der Waals surface area contributed by atoms with Crippen LogP contribution in [0, 0.1) is 0 Å². The number of carboxylic acid groups (broad SMARTS) is 1. The van der Waals surface area contributed by atoms with Gasteiger partial charge in [0.2, 0.25) is 5.91 Å². The number of benzene rings is 2. The van der Waals surface area contributed by atoms with Crippen molar-refractivity contribution >= 4 is 17.8 Å². The van der Waals surface area contributed by atoms with E-state index < -0.39 is 5.97 Å². The summed E-state index contributed by atoms with van der Waals surface area (Å²) in [7, 11) is 1.64. The summed E-state index contributed by atoms with van der Waals surface area (Å²) in [6.07, 6.45) is 0. The van der Waals surface area contributed by atoms with Gasteiger partial charge in [0.05, 0.1) is 12.1 Å². The van der Waals surface area contributed by atoms with Crippen LogP contribution >= 0.6 is 0 Å². The first-order valence-corrected chi connectivity index (χ1v) is 9.03. The van der Waals surface area contributed by atoms with E-state index in [0.717, 1.165) is 11.1 Å². The van der Waals surface area contributed by atoms with Gasteiger partial charge in [-0.25, -0.2) is 4.79 Å². The SMILES string of the molecule is CN(Cc1ccc(C(=O)O)cc1)C(=O)CNC(=O)c1ccc(C(C)(C)C)cc1. The van der Waals surface area contributed by atoms with Crippen molar-refractivity contribution in [3.63, 3.8) is 0 Å². The number of nitrogens with zero attached hydrogens (tertiary/aromatic N) is 1. The third kappa shape index (κ3) is 5.67. The molecule has 0 saturated heterocycles. The summed E-state index contributed by atoms with van der Waals surface area (Å²) in [6, 6.07) is 13.7. The molecule has 0 bridgehead atoms. The van der Waals surface area contributed by atoms with Crippen LogP contribution < -0.4 is 5.32 Å². The van der Waals surface area contributed by atoms with Gasteiger partial charge in [0.25, 0.3) is 5.91 Å². The second-order valence-electron chi connectivity index (χ2n) is 7.76. The van der Waals surface area contributed by atoms with Gasteiger partial charge in [0.1, 0.15) is 0 Å². The smallest absolute Gasteiger partial charge is 0.335 e. The van der Waals surface area contributed by atoms with E-state index in [1.165, 1.54) is 17.0 Å². The summed E-state index contributed by atoms with van der Waals surface area (Å²) in [5, 5.41) is 11.6. The van der Waals surface area contributed by atoms with E-state index in [4.69, 9.17) is 5.11 Å². The van der Waals surface area contributed by atoms with E-state index in [1.54, 1.807) is 31.3 Å². The monoisotopic (exact) mass is 382 g/mol. The predicted molar refractivity (Wildman–Crippen MR) is 107 cm³/mol. The van der Waals surface area contributed by atoms with Crippen LogP contribution in [0.2, 0.25) is 0 Å². The van der Waals surface area contributed by atoms with Crippen LogP contribution in [0.5, 0.6) is 0 Å². The number of aromatic carboxylic acids is 1. The summed E-state index contributed by atoms with van der Waals surface area (Å²) in [6.45, 7) is 6.53. The minimum absolute atomic E-state index is 0.0103. The number of likely N-dealkylation sites (N-methyl/N-ethyl adjacent to an activating group) is 1. The van der Waals surface area contributed by atoms with Crippen LogP contribution in [0.1, 0.15) is 52.6 Å². The van der Waals surface area contributed by atoms with E-state index in [2.05, 4.69) is 26.1 Å². The third-order valence-electron chi connectivity index (χ3n) is 4.46. The highest BCUT2D eigenvalue weighted by molar-refractivity contribution is 5.96. The molecule has 148 valence electrons. The molecule has 0 heterocycles. The molecule has 0 saturated carbocycles. The van der Waals surface area contributed by atoms with Crippen molar-refractivity contribution in [2.75, 3.05) is 13.6 Å². The van der Waals surface area contributed by atoms with E-state index in [1.807, 2.05) is 12.1 Å². The fourth-order valence-corrected chi connectivity index (χ4v) is 2.63. The standard InChI is InChI=1S/C22H26N2O4/c1-22(2,3)18-11-9-16(10-12-18)20(26)23-13-19(25)24(4)14-15-5-7-17(8-6-15)21(27)28/h5-12H,13-14H2,1-4H3,(H,23,26)(H,27,28). The highest BCUT2D eigenvalue weighted by Gasteiger charge is 2.15. The van der Waals surface area contributed by atoms with E-state index >= 15 is 0 Å². The second kappa shape index (κ2) is 8.69. The van der Waals surface area contributed by atoms with Crippen molar-refractivity contribution in [2.45, 2.75) is 32.7 Å². The van der Waals surface area contributed by atoms with Crippen molar-refractivity contribution in [2.24, 2.45) is 0 Å². The number of carbonyl (C=O) groups is 3. The summed E-state index contributed by atoms with van der Waals surface area (Å²) >= 11 is 0. The van der Waals surface area contributed by atoms with Gasteiger partial charge >= 0.3 is 5.97 Å². The molecule has 0 radical (unpaired) electrons. The number of carbonyl (C=O) groups excluding carboxylic acids is 2. The van der Waals surface area contributed by atoms with Gasteiger partial charge in [-0.1, -0.05) is 45.0 Å². The lowest BCUT2D eigenvalue weighted by molar-refractivity contribution is -0.129. The molecule has 0 spiro atoms. The first-order chi connectivity index (χ1) is 13.1. The molecule has 0 aliphatic carbocycles. The Bertz CT molecular complexity index is 850. The molecule has 0 aliphatic rings. The number of rotatable bonds is 6. The Morgan fingerprint density at radius 3 is 1.96 bits per heavy atom. The van der Waals surface area contributed by atoms with Crippen LogP contribution in [-0.2, 0) is 16.8 Å². The van der Waals surface area contributed by atoms with Crippen LogP contribution in [0.3, 0.4) is 0 Å². The first-order valence-electron chi connectivity index (χ1n) is 9.03. The quantitative estimate of drug-likeness (QED) is 0.804. The minimum Gasteiger partial charge on any atom is -0.478 e. The van der Waals surface area contributed by atoms with Crippen molar-refractivity contribution in [1.82, 2.24) is 10.2 Å². The molecule has 2 aromatic carbocycles. The Balaban J connectivity index is 1.88. The molecule has 2 amide bonds. The van der Waals surface area contributed by atoms with E-state index in [0.29, 0.717) is 12.1 Å². The van der Waals surface area contributed by atoms with Crippen molar-refractivity contribution in [3.8, 4) is 0 Å². The van der Waals surface area contributed by atoms with Gasteiger partial charge in [0.15, 0.2) is 0 Å². The molecule has 2 rings (SSSR count). The van der Waals surface area contributed by atoms with Crippen LogP contribution in [0.4, 0.5) is 0 Å². The number of nitrogens with one attached hydrogen (secondary N) is 1. The summed E-state index contributed by atoms with van der Waals surface area (Å²) in [5.74, 6) is -1.52.